The first kappa shape index (κ1) is 14.5. The fourth-order valence-electron chi connectivity index (χ4n) is 2.40. The van der Waals surface area contributed by atoms with E-state index in [1.807, 2.05) is 0 Å². The number of alkyl halides is 3. The number of para-hydroxylation sites is 1. The van der Waals surface area contributed by atoms with Gasteiger partial charge in [0.05, 0.1) is 21.9 Å². The minimum atomic E-state index is -4.47. The normalized spacial score (nSPS) is 18.6. The van der Waals surface area contributed by atoms with Crippen molar-refractivity contribution in [3.8, 4) is 0 Å². The maximum atomic E-state index is 12.9. The van der Waals surface area contributed by atoms with E-state index in [0.717, 1.165) is 18.9 Å². The average molecular weight is 294 g/mol. The van der Waals surface area contributed by atoms with Gasteiger partial charge in [0.25, 0.3) is 0 Å². The molecule has 2 N–H and O–H groups in total. The molecule has 0 aromatic heterocycles. The van der Waals surface area contributed by atoms with Crippen LogP contribution in [-0.2, 0) is 6.18 Å². The van der Waals surface area contributed by atoms with E-state index in [2.05, 4.69) is 5.32 Å². The molecule has 19 heavy (non-hydrogen) atoms. The van der Waals surface area contributed by atoms with E-state index in [9.17, 15) is 18.3 Å². The van der Waals surface area contributed by atoms with Gasteiger partial charge in [0.2, 0.25) is 0 Å². The highest BCUT2D eigenvalue weighted by atomic mass is 35.5. The number of benzene rings is 1. The summed E-state index contributed by atoms with van der Waals surface area (Å²) in [6.45, 7) is 0.0831. The van der Waals surface area contributed by atoms with Gasteiger partial charge >= 0.3 is 6.18 Å². The minimum absolute atomic E-state index is 0.0106. The van der Waals surface area contributed by atoms with Gasteiger partial charge in [0.1, 0.15) is 0 Å². The summed E-state index contributed by atoms with van der Waals surface area (Å²) >= 11 is 5.82. The average Bonchev–Trinajstić information content (AvgIpc) is 2.73. The second-order valence-corrected chi connectivity index (χ2v) is 5.35. The van der Waals surface area contributed by atoms with Crippen LogP contribution in [0.15, 0.2) is 18.2 Å². The van der Waals surface area contributed by atoms with Crippen molar-refractivity contribution in [2.75, 3.05) is 11.9 Å². The second-order valence-electron chi connectivity index (χ2n) is 4.95. The topological polar surface area (TPSA) is 32.3 Å². The standard InChI is InChI=1S/C13H15ClF3NO/c14-10-5-3-4-9(13(15,16)17)11(10)18-8-12(19)6-1-2-7-12/h3-5,18-19H,1-2,6-8H2. The second kappa shape index (κ2) is 5.21. The lowest BCUT2D eigenvalue weighted by Gasteiger charge is -2.25. The Balaban J connectivity index is 2.19. The number of anilines is 1. The molecule has 1 aromatic carbocycles. The predicted molar refractivity (Wildman–Crippen MR) is 68.4 cm³/mol. The molecule has 1 fully saturated rings. The molecule has 2 rings (SSSR count). The quantitative estimate of drug-likeness (QED) is 0.880. The van der Waals surface area contributed by atoms with Crippen molar-refractivity contribution in [3.05, 3.63) is 28.8 Å². The first-order valence-corrected chi connectivity index (χ1v) is 6.52. The van der Waals surface area contributed by atoms with E-state index in [0.29, 0.717) is 12.8 Å². The molecule has 0 heterocycles. The highest BCUT2D eigenvalue weighted by Gasteiger charge is 2.36. The first-order valence-electron chi connectivity index (χ1n) is 6.14. The summed E-state index contributed by atoms with van der Waals surface area (Å²) in [5, 5.41) is 12.8. The third-order valence-corrected chi connectivity index (χ3v) is 3.76. The highest BCUT2D eigenvalue weighted by molar-refractivity contribution is 6.33. The maximum absolute atomic E-state index is 12.9. The van der Waals surface area contributed by atoms with Gasteiger partial charge in [-0.15, -0.1) is 0 Å². The van der Waals surface area contributed by atoms with Gasteiger partial charge in [0.15, 0.2) is 0 Å². The van der Waals surface area contributed by atoms with Crippen LogP contribution in [0.5, 0.6) is 0 Å². The molecular formula is C13H15ClF3NO. The van der Waals surface area contributed by atoms with Gasteiger partial charge in [-0.3, -0.25) is 0 Å². The van der Waals surface area contributed by atoms with Crippen molar-refractivity contribution >= 4 is 17.3 Å². The fraction of sp³-hybridized carbons (Fsp3) is 0.538. The van der Waals surface area contributed by atoms with E-state index in [-0.39, 0.29) is 17.3 Å². The SMILES string of the molecule is OC1(CNc2c(Cl)cccc2C(F)(F)F)CCCC1. The molecule has 0 spiro atoms. The van der Waals surface area contributed by atoms with Gasteiger partial charge < -0.3 is 10.4 Å². The molecule has 0 atom stereocenters. The lowest BCUT2D eigenvalue weighted by molar-refractivity contribution is -0.137. The maximum Gasteiger partial charge on any atom is 0.418 e. The molecule has 1 aliphatic rings. The van der Waals surface area contributed by atoms with Crippen LogP contribution >= 0.6 is 11.6 Å². The summed E-state index contributed by atoms with van der Waals surface area (Å²) in [6.07, 6.45) is -1.47. The molecule has 0 amide bonds. The van der Waals surface area contributed by atoms with Crippen molar-refractivity contribution in [3.63, 3.8) is 0 Å². The zero-order chi connectivity index (χ0) is 14.1. The molecule has 2 nitrogen and oxygen atoms in total. The van der Waals surface area contributed by atoms with Crippen LogP contribution in [0.2, 0.25) is 5.02 Å². The fourth-order valence-corrected chi connectivity index (χ4v) is 2.64. The van der Waals surface area contributed by atoms with Crippen LogP contribution in [0.1, 0.15) is 31.2 Å². The van der Waals surface area contributed by atoms with E-state index in [1.54, 1.807) is 0 Å². The van der Waals surface area contributed by atoms with Crippen molar-refractivity contribution in [1.29, 1.82) is 0 Å². The molecule has 0 radical (unpaired) electrons. The van der Waals surface area contributed by atoms with Crippen LogP contribution in [0.3, 0.4) is 0 Å². The smallest absolute Gasteiger partial charge is 0.388 e. The molecule has 0 unspecified atom stereocenters. The Morgan fingerprint density at radius 3 is 2.47 bits per heavy atom. The van der Waals surface area contributed by atoms with E-state index >= 15 is 0 Å². The summed E-state index contributed by atoms with van der Waals surface area (Å²) in [5.74, 6) is 0. The Kier molecular flexibility index (Phi) is 3.97. The Hall–Kier alpha value is -0.940. The van der Waals surface area contributed by atoms with E-state index in [4.69, 9.17) is 11.6 Å². The number of hydrogen-bond acceptors (Lipinski definition) is 2. The van der Waals surface area contributed by atoms with Crippen molar-refractivity contribution in [2.24, 2.45) is 0 Å². The summed E-state index contributed by atoms with van der Waals surface area (Å²) < 4.78 is 38.6. The number of rotatable bonds is 3. The summed E-state index contributed by atoms with van der Waals surface area (Å²) in [6, 6.07) is 3.64. The molecule has 0 bridgehead atoms. The van der Waals surface area contributed by atoms with Gasteiger partial charge in [-0.1, -0.05) is 30.5 Å². The minimum Gasteiger partial charge on any atom is -0.388 e. The van der Waals surface area contributed by atoms with Gasteiger partial charge in [0, 0.05) is 6.54 Å². The summed E-state index contributed by atoms with van der Waals surface area (Å²) in [7, 11) is 0. The Labute approximate surface area is 114 Å². The lowest BCUT2D eigenvalue weighted by atomic mass is 10.0. The van der Waals surface area contributed by atoms with Gasteiger partial charge in [-0.25, -0.2) is 0 Å². The van der Waals surface area contributed by atoms with Crippen LogP contribution in [0.25, 0.3) is 0 Å². The lowest BCUT2D eigenvalue weighted by Crippen LogP contribution is -2.34. The number of aliphatic hydroxyl groups is 1. The Bertz CT molecular complexity index is 456. The number of hydrogen-bond donors (Lipinski definition) is 2. The monoisotopic (exact) mass is 293 g/mol. The van der Waals surface area contributed by atoms with Crippen LogP contribution in [0.4, 0.5) is 18.9 Å². The van der Waals surface area contributed by atoms with E-state index < -0.39 is 17.3 Å². The molecule has 1 saturated carbocycles. The van der Waals surface area contributed by atoms with Gasteiger partial charge in [-0.05, 0) is 25.0 Å². The highest BCUT2D eigenvalue weighted by Crippen LogP contribution is 2.39. The van der Waals surface area contributed by atoms with Crippen molar-refractivity contribution < 1.29 is 18.3 Å². The predicted octanol–water partition coefficient (Wildman–Crippen LogP) is 4.08. The van der Waals surface area contributed by atoms with Crippen molar-refractivity contribution in [2.45, 2.75) is 37.5 Å². The van der Waals surface area contributed by atoms with Gasteiger partial charge in [-0.2, -0.15) is 13.2 Å². The Morgan fingerprint density at radius 2 is 1.89 bits per heavy atom. The Morgan fingerprint density at radius 1 is 1.26 bits per heavy atom. The number of nitrogens with one attached hydrogen (secondary N) is 1. The molecule has 0 aliphatic heterocycles. The molecule has 0 saturated heterocycles. The molecule has 1 aliphatic carbocycles. The number of halogens is 4. The van der Waals surface area contributed by atoms with Crippen LogP contribution in [0, 0.1) is 0 Å². The van der Waals surface area contributed by atoms with E-state index in [1.165, 1.54) is 12.1 Å². The summed E-state index contributed by atoms with van der Waals surface area (Å²) in [4.78, 5) is 0. The molecular weight excluding hydrogens is 279 g/mol. The summed E-state index contributed by atoms with van der Waals surface area (Å²) in [5.41, 5.74) is -1.89. The molecule has 106 valence electrons. The van der Waals surface area contributed by atoms with Crippen LogP contribution in [-0.4, -0.2) is 17.3 Å². The zero-order valence-corrected chi connectivity index (χ0v) is 11.0. The van der Waals surface area contributed by atoms with Crippen molar-refractivity contribution in [1.82, 2.24) is 0 Å². The first-order chi connectivity index (χ1) is 8.82. The largest absolute Gasteiger partial charge is 0.418 e. The molecule has 1 aromatic rings. The third kappa shape index (κ3) is 3.34. The van der Waals surface area contributed by atoms with Crippen LogP contribution < -0.4 is 5.32 Å². The molecule has 6 heteroatoms. The third-order valence-electron chi connectivity index (χ3n) is 3.45. The zero-order valence-electron chi connectivity index (χ0n) is 10.2.